The Balaban J connectivity index is 2.00. The molecule has 1 saturated carbocycles. The molecule has 1 amide bonds. The van der Waals surface area contributed by atoms with E-state index in [1.807, 2.05) is 18.2 Å². The second-order valence-corrected chi connectivity index (χ2v) is 6.73. The third kappa shape index (κ3) is 4.48. The van der Waals surface area contributed by atoms with E-state index in [4.69, 9.17) is 4.74 Å². The first-order valence-electron chi connectivity index (χ1n) is 8.46. The van der Waals surface area contributed by atoms with Crippen LogP contribution >= 0.6 is 0 Å². The minimum atomic E-state index is -0.716. The number of rotatable bonds is 5. The summed E-state index contributed by atoms with van der Waals surface area (Å²) in [5.41, 5.74) is 0.461. The molecule has 0 bridgehead atoms. The SMILES string of the molecule is CC(Oc1cccc(C(C)C)c1)C(=O)NC1(C#N)CCCCC1. The standard InChI is InChI=1S/C19H26N2O2/c1-14(2)16-8-7-9-17(12-16)23-15(3)18(22)21-19(13-20)10-5-4-6-11-19/h7-9,12,14-15H,4-6,10-11H2,1-3H3,(H,21,22). The molecule has 0 heterocycles. The van der Waals surface area contributed by atoms with Crippen LogP contribution in [0.4, 0.5) is 0 Å². The van der Waals surface area contributed by atoms with Crippen LogP contribution in [0.5, 0.6) is 5.75 Å². The normalized spacial score (nSPS) is 18.0. The second-order valence-electron chi connectivity index (χ2n) is 6.73. The van der Waals surface area contributed by atoms with Crippen molar-refractivity contribution < 1.29 is 9.53 Å². The van der Waals surface area contributed by atoms with Crippen molar-refractivity contribution in [1.29, 1.82) is 5.26 Å². The molecule has 0 aliphatic heterocycles. The molecule has 1 atom stereocenters. The summed E-state index contributed by atoms with van der Waals surface area (Å²) < 4.78 is 5.78. The van der Waals surface area contributed by atoms with E-state index >= 15 is 0 Å². The van der Waals surface area contributed by atoms with Crippen molar-refractivity contribution >= 4 is 5.91 Å². The lowest BCUT2D eigenvalue weighted by Crippen LogP contribution is -2.52. The molecule has 1 aliphatic carbocycles. The number of benzene rings is 1. The summed E-state index contributed by atoms with van der Waals surface area (Å²) in [6, 6.07) is 10.1. The average Bonchev–Trinajstić information content (AvgIpc) is 2.55. The van der Waals surface area contributed by atoms with Gasteiger partial charge < -0.3 is 10.1 Å². The quantitative estimate of drug-likeness (QED) is 0.896. The topological polar surface area (TPSA) is 62.1 Å². The lowest BCUT2D eigenvalue weighted by atomic mass is 9.83. The van der Waals surface area contributed by atoms with E-state index in [1.165, 1.54) is 5.56 Å². The number of ether oxygens (including phenoxy) is 1. The van der Waals surface area contributed by atoms with Crippen LogP contribution in [-0.4, -0.2) is 17.6 Å². The van der Waals surface area contributed by atoms with Gasteiger partial charge in [-0.3, -0.25) is 4.79 Å². The number of carbonyl (C=O) groups excluding carboxylic acids is 1. The molecule has 1 aliphatic rings. The fraction of sp³-hybridized carbons (Fsp3) is 0.579. The van der Waals surface area contributed by atoms with Gasteiger partial charge in [0.2, 0.25) is 0 Å². The van der Waals surface area contributed by atoms with Crippen LogP contribution in [-0.2, 0) is 4.79 Å². The minimum Gasteiger partial charge on any atom is -0.481 e. The van der Waals surface area contributed by atoms with Gasteiger partial charge >= 0.3 is 0 Å². The van der Waals surface area contributed by atoms with Crippen LogP contribution in [0.2, 0.25) is 0 Å². The molecular weight excluding hydrogens is 288 g/mol. The maximum atomic E-state index is 12.4. The number of nitrogens with one attached hydrogen (secondary N) is 1. The molecule has 23 heavy (non-hydrogen) atoms. The fourth-order valence-corrected chi connectivity index (χ4v) is 2.96. The van der Waals surface area contributed by atoms with Crippen molar-refractivity contribution in [3.8, 4) is 11.8 Å². The maximum absolute atomic E-state index is 12.4. The van der Waals surface area contributed by atoms with Gasteiger partial charge in [-0.25, -0.2) is 0 Å². The summed E-state index contributed by atoms with van der Waals surface area (Å²) >= 11 is 0. The zero-order valence-corrected chi connectivity index (χ0v) is 14.3. The average molecular weight is 314 g/mol. The summed E-state index contributed by atoms with van der Waals surface area (Å²) in [5, 5.41) is 12.4. The van der Waals surface area contributed by atoms with Crippen molar-refractivity contribution in [1.82, 2.24) is 5.32 Å². The van der Waals surface area contributed by atoms with Crippen molar-refractivity contribution in [2.24, 2.45) is 0 Å². The fourth-order valence-electron chi connectivity index (χ4n) is 2.96. The maximum Gasteiger partial charge on any atom is 0.262 e. The highest BCUT2D eigenvalue weighted by Crippen LogP contribution is 2.28. The van der Waals surface area contributed by atoms with Gasteiger partial charge in [-0.2, -0.15) is 5.26 Å². The third-order valence-corrected chi connectivity index (χ3v) is 4.49. The zero-order chi connectivity index (χ0) is 16.9. The van der Waals surface area contributed by atoms with E-state index in [2.05, 4.69) is 31.3 Å². The molecule has 1 fully saturated rings. The van der Waals surface area contributed by atoms with Crippen LogP contribution in [0.1, 0.15) is 64.4 Å². The summed E-state index contributed by atoms with van der Waals surface area (Å²) in [4.78, 5) is 12.4. The first-order chi connectivity index (χ1) is 11.0. The minimum absolute atomic E-state index is 0.219. The van der Waals surface area contributed by atoms with Crippen LogP contribution in [0.15, 0.2) is 24.3 Å². The molecule has 0 aromatic heterocycles. The molecule has 2 rings (SSSR count). The van der Waals surface area contributed by atoms with Crippen molar-refractivity contribution in [3.63, 3.8) is 0 Å². The first kappa shape index (κ1) is 17.3. The predicted octanol–water partition coefficient (Wildman–Crippen LogP) is 3.92. The zero-order valence-electron chi connectivity index (χ0n) is 14.3. The Morgan fingerprint density at radius 2 is 1.96 bits per heavy atom. The Morgan fingerprint density at radius 1 is 1.26 bits per heavy atom. The van der Waals surface area contributed by atoms with Gasteiger partial charge in [0.05, 0.1) is 6.07 Å². The first-order valence-corrected chi connectivity index (χ1v) is 8.46. The third-order valence-electron chi connectivity index (χ3n) is 4.49. The lowest BCUT2D eigenvalue weighted by molar-refractivity contribution is -0.129. The van der Waals surface area contributed by atoms with Gasteiger partial charge in [0.25, 0.3) is 5.91 Å². The van der Waals surface area contributed by atoms with Crippen molar-refractivity contribution in [2.75, 3.05) is 0 Å². The van der Waals surface area contributed by atoms with Crippen LogP contribution < -0.4 is 10.1 Å². The highest BCUT2D eigenvalue weighted by Gasteiger charge is 2.35. The van der Waals surface area contributed by atoms with Gasteiger partial charge in [0.1, 0.15) is 11.3 Å². The summed E-state index contributed by atoms with van der Waals surface area (Å²) in [6.07, 6.45) is 3.94. The number of carbonyl (C=O) groups is 1. The van der Waals surface area contributed by atoms with Gasteiger partial charge in [0.15, 0.2) is 6.10 Å². The smallest absolute Gasteiger partial charge is 0.262 e. The van der Waals surface area contributed by atoms with E-state index in [0.717, 1.165) is 32.1 Å². The molecule has 0 saturated heterocycles. The largest absolute Gasteiger partial charge is 0.481 e. The number of amides is 1. The molecule has 1 aromatic carbocycles. The van der Waals surface area contributed by atoms with E-state index in [9.17, 15) is 10.1 Å². The number of nitrogens with zero attached hydrogens (tertiary/aromatic N) is 1. The van der Waals surface area contributed by atoms with Gasteiger partial charge in [-0.15, -0.1) is 0 Å². The molecule has 0 radical (unpaired) electrons. The number of nitriles is 1. The Labute approximate surface area is 138 Å². The Bertz CT molecular complexity index is 583. The Kier molecular flexibility index (Phi) is 5.65. The molecule has 1 unspecified atom stereocenters. The summed E-state index contributed by atoms with van der Waals surface area (Å²) in [6.45, 7) is 5.97. The number of hydrogen-bond donors (Lipinski definition) is 1. The summed E-state index contributed by atoms with van der Waals surface area (Å²) in [7, 11) is 0. The highest BCUT2D eigenvalue weighted by molar-refractivity contribution is 5.82. The van der Waals surface area contributed by atoms with Gasteiger partial charge in [-0.05, 0) is 43.4 Å². The van der Waals surface area contributed by atoms with Crippen LogP contribution in [0.3, 0.4) is 0 Å². The molecule has 1 aromatic rings. The number of hydrogen-bond acceptors (Lipinski definition) is 3. The van der Waals surface area contributed by atoms with E-state index in [0.29, 0.717) is 11.7 Å². The van der Waals surface area contributed by atoms with E-state index < -0.39 is 11.6 Å². The molecule has 0 spiro atoms. The molecule has 1 N–H and O–H groups in total. The Morgan fingerprint density at radius 3 is 2.57 bits per heavy atom. The van der Waals surface area contributed by atoms with Gasteiger partial charge in [-0.1, -0.05) is 45.2 Å². The lowest BCUT2D eigenvalue weighted by Gasteiger charge is -2.32. The van der Waals surface area contributed by atoms with Crippen molar-refractivity contribution in [2.45, 2.75) is 70.4 Å². The molecule has 4 nitrogen and oxygen atoms in total. The highest BCUT2D eigenvalue weighted by atomic mass is 16.5. The molecule has 124 valence electrons. The Hall–Kier alpha value is -2.02. The van der Waals surface area contributed by atoms with Crippen LogP contribution in [0, 0.1) is 11.3 Å². The molecular formula is C19H26N2O2. The second kappa shape index (κ2) is 7.50. The molecule has 4 heteroatoms. The predicted molar refractivity (Wildman–Crippen MR) is 90.2 cm³/mol. The summed E-state index contributed by atoms with van der Waals surface area (Å²) in [5.74, 6) is 0.878. The van der Waals surface area contributed by atoms with Crippen LogP contribution in [0.25, 0.3) is 0 Å². The van der Waals surface area contributed by atoms with Gasteiger partial charge in [0, 0.05) is 0 Å². The monoisotopic (exact) mass is 314 g/mol. The van der Waals surface area contributed by atoms with E-state index in [-0.39, 0.29) is 5.91 Å². The van der Waals surface area contributed by atoms with E-state index in [1.54, 1.807) is 6.92 Å². The van der Waals surface area contributed by atoms with Crippen molar-refractivity contribution in [3.05, 3.63) is 29.8 Å².